The van der Waals surface area contributed by atoms with Crippen LogP contribution in [0, 0.1) is 6.92 Å². The van der Waals surface area contributed by atoms with E-state index in [1.165, 1.54) is 41.9 Å². The quantitative estimate of drug-likeness (QED) is 0.723. The molecule has 0 aliphatic carbocycles. The van der Waals surface area contributed by atoms with Crippen molar-refractivity contribution < 1.29 is 4.74 Å². The summed E-state index contributed by atoms with van der Waals surface area (Å²) in [6.07, 6.45) is 6.73. The van der Waals surface area contributed by atoms with E-state index in [1.807, 2.05) is 11.3 Å². The minimum atomic E-state index is 0.509. The average Bonchev–Trinajstić information content (AvgIpc) is 2.74. The molecule has 2 rings (SSSR count). The van der Waals surface area contributed by atoms with Gasteiger partial charge in [0.05, 0.1) is 6.10 Å². The fourth-order valence-electron chi connectivity index (χ4n) is 2.13. The van der Waals surface area contributed by atoms with Gasteiger partial charge in [-0.05, 0) is 51.2 Å². The van der Waals surface area contributed by atoms with E-state index in [9.17, 15) is 0 Å². The summed E-state index contributed by atoms with van der Waals surface area (Å²) in [4.78, 5) is 3.36. The van der Waals surface area contributed by atoms with Crippen molar-refractivity contribution in [3.8, 4) is 0 Å². The summed E-state index contributed by atoms with van der Waals surface area (Å²) in [7, 11) is 0. The number of hydrogen-bond donors (Lipinski definition) is 0. The molecule has 0 radical (unpaired) electrons. The molecule has 1 nitrogen and oxygen atoms in total. The molecule has 90 valence electrons. The molecule has 1 fully saturated rings. The van der Waals surface area contributed by atoms with Gasteiger partial charge in [0.25, 0.3) is 0 Å². The van der Waals surface area contributed by atoms with Crippen LogP contribution in [0.5, 0.6) is 0 Å². The SMILES string of the molecule is Cc1ccc(C(Br)CCC2CCCCO2)s1. The Morgan fingerprint density at radius 3 is 3.00 bits per heavy atom. The molecule has 2 atom stereocenters. The third-order valence-corrected chi connectivity index (χ3v) is 5.45. The average molecular weight is 303 g/mol. The Morgan fingerprint density at radius 1 is 1.50 bits per heavy atom. The molecule has 2 unspecified atom stereocenters. The highest BCUT2D eigenvalue weighted by Crippen LogP contribution is 2.34. The molecule has 0 aromatic carbocycles. The Balaban J connectivity index is 1.76. The van der Waals surface area contributed by atoms with E-state index in [0.717, 1.165) is 6.61 Å². The highest BCUT2D eigenvalue weighted by Gasteiger charge is 2.16. The number of thiophene rings is 1. The molecule has 0 saturated carbocycles. The van der Waals surface area contributed by atoms with Crippen LogP contribution >= 0.6 is 27.3 Å². The van der Waals surface area contributed by atoms with Crippen molar-refractivity contribution in [1.29, 1.82) is 0 Å². The minimum Gasteiger partial charge on any atom is -0.378 e. The summed E-state index contributed by atoms with van der Waals surface area (Å²) in [6, 6.07) is 4.44. The number of hydrogen-bond acceptors (Lipinski definition) is 2. The first-order chi connectivity index (χ1) is 7.75. The summed E-state index contributed by atoms with van der Waals surface area (Å²) < 4.78 is 5.75. The third-order valence-electron chi connectivity index (χ3n) is 3.09. The molecule has 3 heteroatoms. The highest BCUT2D eigenvalue weighted by atomic mass is 79.9. The van der Waals surface area contributed by atoms with Crippen molar-refractivity contribution in [3.63, 3.8) is 0 Å². The standard InChI is InChI=1S/C13H19BrOS/c1-10-5-8-13(16-10)12(14)7-6-11-4-2-3-9-15-11/h5,8,11-12H,2-4,6-7,9H2,1H3. The predicted molar refractivity (Wildman–Crippen MR) is 73.5 cm³/mol. The largest absolute Gasteiger partial charge is 0.378 e. The predicted octanol–water partition coefficient (Wildman–Crippen LogP) is 4.84. The van der Waals surface area contributed by atoms with Gasteiger partial charge in [0.2, 0.25) is 0 Å². The van der Waals surface area contributed by atoms with Crippen molar-refractivity contribution in [2.45, 2.75) is 50.0 Å². The van der Waals surface area contributed by atoms with Crippen LogP contribution in [0.4, 0.5) is 0 Å². The minimum absolute atomic E-state index is 0.509. The second kappa shape index (κ2) is 6.18. The maximum absolute atomic E-state index is 5.75. The number of halogens is 1. The van der Waals surface area contributed by atoms with Crippen molar-refractivity contribution >= 4 is 27.3 Å². The lowest BCUT2D eigenvalue weighted by molar-refractivity contribution is 0.0102. The monoisotopic (exact) mass is 302 g/mol. The summed E-state index contributed by atoms with van der Waals surface area (Å²) >= 11 is 5.68. The van der Waals surface area contributed by atoms with Crippen LogP contribution < -0.4 is 0 Å². The summed E-state index contributed by atoms with van der Waals surface area (Å²) in [5.74, 6) is 0. The fourth-order valence-corrected chi connectivity index (χ4v) is 3.72. The molecule has 1 aromatic heterocycles. The summed E-state index contributed by atoms with van der Waals surface area (Å²) in [5.41, 5.74) is 0. The van der Waals surface area contributed by atoms with E-state index in [4.69, 9.17) is 4.74 Å². The lowest BCUT2D eigenvalue weighted by atomic mass is 10.0. The van der Waals surface area contributed by atoms with Gasteiger partial charge in [-0.15, -0.1) is 11.3 Å². The fraction of sp³-hybridized carbons (Fsp3) is 0.692. The molecule has 1 aliphatic rings. The zero-order valence-electron chi connectivity index (χ0n) is 9.75. The van der Waals surface area contributed by atoms with E-state index in [0.29, 0.717) is 10.9 Å². The number of alkyl halides is 1. The van der Waals surface area contributed by atoms with E-state index in [-0.39, 0.29) is 0 Å². The van der Waals surface area contributed by atoms with Crippen molar-refractivity contribution in [3.05, 3.63) is 21.9 Å². The van der Waals surface area contributed by atoms with Gasteiger partial charge in [-0.3, -0.25) is 0 Å². The molecular weight excluding hydrogens is 284 g/mol. The number of aryl methyl sites for hydroxylation is 1. The third kappa shape index (κ3) is 3.57. The Kier molecular flexibility index (Phi) is 4.86. The van der Waals surface area contributed by atoms with Gasteiger partial charge < -0.3 is 4.74 Å². The molecular formula is C13H19BrOS. The molecule has 1 aromatic rings. The second-order valence-electron chi connectivity index (χ2n) is 4.48. The Morgan fingerprint density at radius 2 is 2.38 bits per heavy atom. The number of ether oxygens (including phenoxy) is 1. The molecule has 0 spiro atoms. The zero-order chi connectivity index (χ0) is 11.4. The molecule has 0 amide bonds. The smallest absolute Gasteiger partial charge is 0.0575 e. The Bertz CT molecular complexity index is 317. The Hall–Kier alpha value is 0.140. The van der Waals surface area contributed by atoms with Gasteiger partial charge in [0.15, 0.2) is 0 Å². The highest BCUT2D eigenvalue weighted by molar-refractivity contribution is 9.09. The lowest BCUT2D eigenvalue weighted by Gasteiger charge is -2.23. The Labute approximate surface area is 110 Å². The normalized spacial score (nSPS) is 23.2. The first kappa shape index (κ1) is 12.6. The van der Waals surface area contributed by atoms with Crippen LogP contribution in [0.1, 0.15) is 46.7 Å². The van der Waals surface area contributed by atoms with E-state index >= 15 is 0 Å². The first-order valence-electron chi connectivity index (χ1n) is 6.07. The number of rotatable bonds is 4. The maximum atomic E-state index is 5.75. The van der Waals surface area contributed by atoms with Crippen LogP contribution in [-0.4, -0.2) is 12.7 Å². The molecule has 0 bridgehead atoms. The van der Waals surface area contributed by atoms with Crippen LogP contribution in [0.2, 0.25) is 0 Å². The lowest BCUT2D eigenvalue weighted by Crippen LogP contribution is -2.19. The van der Waals surface area contributed by atoms with E-state index in [1.54, 1.807) is 0 Å². The summed E-state index contributed by atoms with van der Waals surface area (Å²) in [6.45, 7) is 3.13. The molecule has 16 heavy (non-hydrogen) atoms. The van der Waals surface area contributed by atoms with E-state index in [2.05, 4.69) is 35.0 Å². The van der Waals surface area contributed by atoms with Gasteiger partial charge >= 0.3 is 0 Å². The van der Waals surface area contributed by atoms with Gasteiger partial charge in [-0.1, -0.05) is 15.9 Å². The van der Waals surface area contributed by atoms with Crippen LogP contribution in [0.3, 0.4) is 0 Å². The maximum Gasteiger partial charge on any atom is 0.0575 e. The van der Waals surface area contributed by atoms with Crippen molar-refractivity contribution in [2.75, 3.05) is 6.61 Å². The first-order valence-corrected chi connectivity index (χ1v) is 7.81. The summed E-state index contributed by atoms with van der Waals surface area (Å²) in [5, 5.41) is 0. The van der Waals surface area contributed by atoms with Crippen molar-refractivity contribution in [2.24, 2.45) is 0 Å². The van der Waals surface area contributed by atoms with Gasteiger partial charge in [-0.2, -0.15) is 0 Å². The van der Waals surface area contributed by atoms with Crippen LogP contribution in [-0.2, 0) is 4.74 Å². The van der Waals surface area contributed by atoms with Gasteiger partial charge in [0.1, 0.15) is 0 Å². The van der Waals surface area contributed by atoms with Crippen LogP contribution in [0.15, 0.2) is 12.1 Å². The second-order valence-corrected chi connectivity index (χ2v) is 6.91. The van der Waals surface area contributed by atoms with Crippen LogP contribution in [0.25, 0.3) is 0 Å². The molecule has 0 N–H and O–H groups in total. The van der Waals surface area contributed by atoms with Gasteiger partial charge in [0, 0.05) is 21.2 Å². The van der Waals surface area contributed by atoms with E-state index < -0.39 is 0 Å². The molecule has 1 saturated heterocycles. The van der Waals surface area contributed by atoms with Crippen molar-refractivity contribution in [1.82, 2.24) is 0 Å². The van der Waals surface area contributed by atoms with Gasteiger partial charge in [-0.25, -0.2) is 0 Å². The topological polar surface area (TPSA) is 9.23 Å². The zero-order valence-corrected chi connectivity index (χ0v) is 12.1. The molecule has 1 aliphatic heterocycles. The molecule has 2 heterocycles.